The van der Waals surface area contributed by atoms with Crippen LogP contribution in [0.3, 0.4) is 0 Å². The second-order valence-electron chi connectivity index (χ2n) is 8.03. The molecule has 0 spiro atoms. The van der Waals surface area contributed by atoms with Gasteiger partial charge in [-0.3, -0.25) is 14.7 Å². The second kappa shape index (κ2) is 9.16. The number of H-pyrrole nitrogens is 1. The van der Waals surface area contributed by atoms with Gasteiger partial charge in [-0.1, -0.05) is 48.5 Å². The number of benzene rings is 3. The van der Waals surface area contributed by atoms with E-state index in [1.165, 1.54) is 0 Å². The number of carbonyl (C=O) groups excluding carboxylic acids is 2. The molecule has 2 amide bonds. The van der Waals surface area contributed by atoms with Crippen LogP contribution in [0.15, 0.2) is 78.9 Å². The van der Waals surface area contributed by atoms with Gasteiger partial charge in [-0.25, -0.2) is 0 Å². The number of aromatic amines is 1. The van der Waals surface area contributed by atoms with Gasteiger partial charge in [0.25, 0.3) is 5.91 Å². The van der Waals surface area contributed by atoms with Gasteiger partial charge in [0.15, 0.2) is 11.9 Å². The van der Waals surface area contributed by atoms with Gasteiger partial charge in [0.1, 0.15) is 5.75 Å². The van der Waals surface area contributed by atoms with Crippen molar-refractivity contribution in [3.05, 3.63) is 84.4 Å². The van der Waals surface area contributed by atoms with Crippen LogP contribution in [-0.2, 0) is 16.0 Å². The number of aryl methyl sites for hydroxylation is 1. The zero-order valence-corrected chi connectivity index (χ0v) is 18.0. The van der Waals surface area contributed by atoms with E-state index in [1.807, 2.05) is 72.8 Å². The monoisotopic (exact) mass is 440 g/mol. The molecule has 1 aliphatic heterocycles. The zero-order valence-electron chi connectivity index (χ0n) is 18.0. The lowest BCUT2D eigenvalue weighted by Gasteiger charge is -2.17. The molecule has 7 heteroatoms. The number of rotatable bonds is 7. The molecule has 166 valence electrons. The molecule has 5 rings (SSSR count). The van der Waals surface area contributed by atoms with E-state index in [1.54, 1.807) is 11.0 Å². The van der Waals surface area contributed by atoms with Crippen molar-refractivity contribution in [2.45, 2.75) is 25.4 Å². The van der Waals surface area contributed by atoms with Crippen molar-refractivity contribution in [3.63, 3.8) is 0 Å². The maximum absolute atomic E-state index is 12.9. The summed E-state index contributed by atoms with van der Waals surface area (Å²) >= 11 is 0. The number of carbonyl (C=O) groups is 2. The Balaban J connectivity index is 1.25. The first-order valence-corrected chi connectivity index (χ1v) is 11.0. The Labute approximate surface area is 191 Å². The first-order valence-electron chi connectivity index (χ1n) is 11.0. The van der Waals surface area contributed by atoms with Crippen molar-refractivity contribution < 1.29 is 14.3 Å². The van der Waals surface area contributed by atoms with Crippen molar-refractivity contribution in [1.82, 2.24) is 10.2 Å². The summed E-state index contributed by atoms with van der Waals surface area (Å²) in [7, 11) is 0. The minimum atomic E-state index is -0.543. The van der Waals surface area contributed by atoms with Crippen LogP contribution in [0.2, 0.25) is 0 Å². The first kappa shape index (κ1) is 20.8. The van der Waals surface area contributed by atoms with Gasteiger partial charge in [0.05, 0.1) is 5.52 Å². The highest BCUT2D eigenvalue weighted by Crippen LogP contribution is 2.29. The molecular weight excluding hydrogens is 416 g/mol. The summed E-state index contributed by atoms with van der Waals surface area (Å²) in [5, 5.41) is 10.8. The summed E-state index contributed by atoms with van der Waals surface area (Å²) in [6.07, 6.45) is 1.09. The molecule has 2 N–H and O–H groups in total. The van der Waals surface area contributed by atoms with Gasteiger partial charge in [-0.15, -0.1) is 0 Å². The van der Waals surface area contributed by atoms with Crippen molar-refractivity contribution in [2.24, 2.45) is 0 Å². The average Bonchev–Trinajstić information content (AvgIpc) is 3.42. The zero-order chi connectivity index (χ0) is 22.6. The smallest absolute Gasteiger partial charge is 0.268 e. The highest BCUT2D eigenvalue weighted by atomic mass is 16.5. The Bertz CT molecular complexity index is 1270. The predicted octanol–water partition coefficient (Wildman–Crippen LogP) is 4.32. The minimum absolute atomic E-state index is 0.0528. The van der Waals surface area contributed by atoms with Crippen LogP contribution in [0.1, 0.15) is 18.4 Å². The highest BCUT2D eigenvalue weighted by molar-refractivity contribution is 6.01. The van der Waals surface area contributed by atoms with Crippen LogP contribution >= 0.6 is 0 Å². The molecule has 7 nitrogen and oxygen atoms in total. The largest absolute Gasteiger partial charge is 0.480 e. The first-order chi connectivity index (χ1) is 16.2. The fourth-order valence-electron chi connectivity index (χ4n) is 4.05. The van der Waals surface area contributed by atoms with Crippen LogP contribution in [0.5, 0.6) is 5.75 Å². The van der Waals surface area contributed by atoms with Crippen molar-refractivity contribution >= 4 is 34.2 Å². The van der Waals surface area contributed by atoms with E-state index in [4.69, 9.17) is 4.74 Å². The van der Waals surface area contributed by atoms with Crippen LogP contribution in [-0.4, -0.2) is 34.7 Å². The van der Waals surface area contributed by atoms with Crippen molar-refractivity contribution in [2.75, 3.05) is 16.8 Å². The molecule has 2 heterocycles. The lowest BCUT2D eigenvalue weighted by atomic mass is 10.1. The standard InChI is InChI=1S/C26H24N4O3/c31-24(14-11-18-7-3-1-4-8-18)27-25-21-17-20(12-13-22(21)28-29-25)33-23-15-16-30(26(23)32)19-9-5-2-6-10-19/h1-10,12-13,17,23H,11,14-16H2,(H2,27,28,29,31). The number of ether oxygens (including phenoxy) is 1. The lowest BCUT2D eigenvalue weighted by Crippen LogP contribution is -2.32. The number of fused-ring (bicyclic) bond motifs is 1. The molecular formula is C26H24N4O3. The third-order valence-electron chi connectivity index (χ3n) is 5.78. The van der Waals surface area contributed by atoms with E-state index < -0.39 is 6.10 Å². The Morgan fingerprint density at radius 2 is 1.82 bits per heavy atom. The SMILES string of the molecule is O=C(CCc1ccccc1)Nc1n[nH]c2ccc(OC3CCN(c4ccccc4)C3=O)cc12. The van der Waals surface area contributed by atoms with E-state index in [2.05, 4.69) is 15.5 Å². The van der Waals surface area contributed by atoms with Gasteiger partial charge < -0.3 is 15.0 Å². The summed E-state index contributed by atoms with van der Waals surface area (Å²) in [5.74, 6) is 0.861. The number of hydrogen-bond donors (Lipinski definition) is 2. The molecule has 0 saturated carbocycles. The van der Waals surface area contributed by atoms with Gasteiger partial charge >= 0.3 is 0 Å². The Morgan fingerprint density at radius 1 is 1.06 bits per heavy atom. The molecule has 0 aliphatic carbocycles. The number of nitrogens with one attached hydrogen (secondary N) is 2. The Kier molecular flexibility index (Phi) is 5.76. The van der Waals surface area contributed by atoms with E-state index >= 15 is 0 Å². The summed E-state index contributed by atoms with van der Waals surface area (Å²) in [6, 6.07) is 24.9. The maximum atomic E-state index is 12.9. The molecule has 3 aromatic carbocycles. The lowest BCUT2D eigenvalue weighted by molar-refractivity contribution is -0.122. The number of para-hydroxylation sites is 1. The minimum Gasteiger partial charge on any atom is -0.480 e. The molecule has 0 radical (unpaired) electrons. The molecule has 4 aromatic rings. The van der Waals surface area contributed by atoms with E-state index in [-0.39, 0.29) is 11.8 Å². The van der Waals surface area contributed by atoms with Crippen LogP contribution in [0, 0.1) is 0 Å². The number of hydrogen-bond acceptors (Lipinski definition) is 4. The summed E-state index contributed by atoms with van der Waals surface area (Å²) in [4.78, 5) is 27.1. The van der Waals surface area contributed by atoms with Gasteiger partial charge in [0.2, 0.25) is 5.91 Å². The fourth-order valence-corrected chi connectivity index (χ4v) is 4.05. The van der Waals surface area contributed by atoms with E-state index in [0.29, 0.717) is 37.4 Å². The number of amides is 2. The maximum Gasteiger partial charge on any atom is 0.268 e. The van der Waals surface area contributed by atoms with Crippen LogP contribution in [0.4, 0.5) is 11.5 Å². The van der Waals surface area contributed by atoms with Crippen LogP contribution < -0.4 is 15.0 Å². The van der Waals surface area contributed by atoms with E-state index in [9.17, 15) is 9.59 Å². The molecule has 1 aromatic heterocycles. The molecule has 1 atom stereocenters. The molecule has 33 heavy (non-hydrogen) atoms. The molecule has 1 saturated heterocycles. The number of anilines is 2. The molecule has 1 unspecified atom stereocenters. The molecule has 1 fully saturated rings. The third-order valence-corrected chi connectivity index (χ3v) is 5.78. The quantitative estimate of drug-likeness (QED) is 0.448. The number of aromatic nitrogens is 2. The topological polar surface area (TPSA) is 87.3 Å². The van der Waals surface area contributed by atoms with Gasteiger partial charge in [-0.2, -0.15) is 5.10 Å². The van der Waals surface area contributed by atoms with Crippen LogP contribution in [0.25, 0.3) is 10.9 Å². The Morgan fingerprint density at radius 3 is 2.61 bits per heavy atom. The fraction of sp³-hybridized carbons (Fsp3) is 0.192. The molecule has 0 bridgehead atoms. The van der Waals surface area contributed by atoms with Crippen molar-refractivity contribution in [1.29, 1.82) is 0 Å². The second-order valence-corrected chi connectivity index (χ2v) is 8.03. The summed E-state index contributed by atoms with van der Waals surface area (Å²) in [5.41, 5.74) is 2.77. The van der Waals surface area contributed by atoms with E-state index in [0.717, 1.165) is 22.2 Å². The normalized spacial score (nSPS) is 15.7. The van der Waals surface area contributed by atoms with Crippen molar-refractivity contribution in [3.8, 4) is 5.75 Å². The summed E-state index contributed by atoms with van der Waals surface area (Å²) < 4.78 is 6.04. The summed E-state index contributed by atoms with van der Waals surface area (Å²) in [6.45, 7) is 0.615. The number of nitrogens with zero attached hydrogens (tertiary/aromatic N) is 2. The Hall–Kier alpha value is -4.13. The predicted molar refractivity (Wildman–Crippen MR) is 127 cm³/mol. The molecule has 1 aliphatic rings. The van der Waals surface area contributed by atoms with Gasteiger partial charge in [-0.05, 0) is 42.3 Å². The highest BCUT2D eigenvalue weighted by Gasteiger charge is 2.34. The van der Waals surface area contributed by atoms with Gasteiger partial charge in [0, 0.05) is 30.5 Å². The average molecular weight is 441 g/mol. The third kappa shape index (κ3) is 4.57.